The average molecular weight is 450 g/mol. The Hall–Kier alpha value is -2.16. The maximum absolute atomic E-state index is 12.9. The molecule has 140 valence electrons. The molecule has 0 saturated heterocycles. The van der Waals surface area contributed by atoms with Crippen LogP contribution in [0.25, 0.3) is 0 Å². The summed E-state index contributed by atoms with van der Waals surface area (Å²) < 4.78 is 38.4. The Kier molecular flexibility index (Phi) is 4.57. The number of halogens is 1. The van der Waals surface area contributed by atoms with E-state index in [0.717, 1.165) is 4.47 Å². The van der Waals surface area contributed by atoms with Crippen molar-refractivity contribution in [2.45, 2.75) is 19.0 Å². The number of nitrogens with zero attached hydrogens (tertiary/aromatic N) is 1. The van der Waals surface area contributed by atoms with E-state index in [9.17, 15) is 13.2 Å². The number of carbonyl (C=O) groups excluding carboxylic acids is 1. The molecule has 8 heteroatoms. The first kappa shape index (κ1) is 18.2. The van der Waals surface area contributed by atoms with E-state index in [1.807, 2.05) is 6.07 Å². The number of hydrogen-bond acceptors (Lipinski definition) is 5. The molecule has 4 rings (SSSR count). The van der Waals surface area contributed by atoms with Gasteiger partial charge in [0.25, 0.3) is 0 Å². The largest absolute Gasteiger partial charge is 0.463 e. The summed E-state index contributed by atoms with van der Waals surface area (Å²) in [6.07, 6.45) is 1.65. The highest BCUT2D eigenvalue weighted by atomic mass is 79.9. The minimum Gasteiger partial charge on any atom is -0.463 e. The number of hydrogen-bond donors (Lipinski definition) is 0. The molecule has 0 N–H and O–H groups in total. The Morgan fingerprint density at radius 1 is 1.22 bits per heavy atom. The van der Waals surface area contributed by atoms with E-state index in [-0.39, 0.29) is 17.9 Å². The molecular weight excluding hydrogens is 434 g/mol. The van der Waals surface area contributed by atoms with E-state index < -0.39 is 28.4 Å². The summed E-state index contributed by atoms with van der Waals surface area (Å²) in [5, 5.41) is 0. The zero-order valence-electron chi connectivity index (χ0n) is 14.3. The first-order valence-corrected chi connectivity index (χ1v) is 10.5. The van der Waals surface area contributed by atoms with Crippen molar-refractivity contribution in [1.82, 2.24) is 4.31 Å². The zero-order valence-corrected chi connectivity index (χ0v) is 16.7. The van der Waals surface area contributed by atoms with Crippen molar-refractivity contribution in [2.75, 3.05) is 6.61 Å². The summed E-state index contributed by atoms with van der Waals surface area (Å²) in [5.41, 5.74) is 1.62. The minimum atomic E-state index is -4.11. The van der Waals surface area contributed by atoms with Crippen molar-refractivity contribution >= 4 is 32.2 Å². The molecule has 2 unspecified atom stereocenters. The second kappa shape index (κ2) is 6.78. The molecule has 0 bridgehead atoms. The number of carbonyl (C=O) groups is 1. The monoisotopic (exact) mass is 449 g/mol. The number of benzene rings is 2. The maximum atomic E-state index is 12.9. The Labute approximate surface area is 165 Å². The third-order valence-electron chi connectivity index (χ3n) is 4.53. The fourth-order valence-electron chi connectivity index (χ4n) is 3.47. The van der Waals surface area contributed by atoms with E-state index in [4.69, 9.17) is 8.92 Å². The molecule has 6 nitrogen and oxygen atoms in total. The lowest BCUT2D eigenvalue weighted by atomic mass is 10.0. The summed E-state index contributed by atoms with van der Waals surface area (Å²) >= 11 is 3.41. The summed E-state index contributed by atoms with van der Waals surface area (Å²) in [6.45, 7) is 1.91. The number of fused-ring (bicyclic) bond motifs is 3. The Morgan fingerprint density at radius 3 is 2.67 bits per heavy atom. The van der Waals surface area contributed by atoms with Crippen molar-refractivity contribution in [1.29, 1.82) is 0 Å². The predicted octanol–water partition coefficient (Wildman–Crippen LogP) is 3.67. The van der Waals surface area contributed by atoms with Gasteiger partial charge in [-0.1, -0.05) is 46.3 Å². The molecule has 0 spiro atoms. The van der Waals surface area contributed by atoms with Crippen LogP contribution in [0.4, 0.5) is 0 Å². The lowest BCUT2D eigenvalue weighted by Crippen LogP contribution is -2.41. The quantitative estimate of drug-likeness (QED) is 0.668. The van der Waals surface area contributed by atoms with Crippen molar-refractivity contribution in [3.63, 3.8) is 0 Å². The van der Waals surface area contributed by atoms with E-state index in [1.165, 1.54) is 4.31 Å². The summed E-state index contributed by atoms with van der Waals surface area (Å²) in [4.78, 5) is 12.6. The number of esters is 1. The Bertz CT molecular complexity index is 1040. The van der Waals surface area contributed by atoms with Crippen molar-refractivity contribution in [3.8, 4) is 5.75 Å². The average Bonchev–Trinajstić information content (AvgIpc) is 3.05. The van der Waals surface area contributed by atoms with Crippen LogP contribution in [0.5, 0.6) is 5.75 Å². The van der Waals surface area contributed by atoms with Crippen LogP contribution < -0.4 is 4.18 Å². The summed E-state index contributed by atoms with van der Waals surface area (Å²) in [7, 11) is -4.11. The lowest BCUT2D eigenvalue weighted by Gasteiger charge is -2.34. The molecule has 0 radical (unpaired) electrons. The molecule has 0 amide bonds. The van der Waals surface area contributed by atoms with Crippen LogP contribution in [-0.2, 0) is 19.8 Å². The standard InChI is InChI=1S/C19H16BrNO5S/c1-2-25-19(22)15-11-16-14-10-13(20)8-9-17(14)26-27(23,24)21(16)18(15)12-6-4-3-5-7-12/h3-11,16,18H,2H2,1H3. The van der Waals surface area contributed by atoms with Crippen molar-refractivity contribution in [3.05, 3.63) is 75.8 Å². The van der Waals surface area contributed by atoms with E-state index >= 15 is 0 Å². The maximum Gasteiger partial charge on any atom is 0.386 e. The molecule has 2 aliphatic rings. The van der Waals surface area contributed by atoms with Gasteiger partial charge >= 0.3 is 16.3 Å². The van der Waals surface area contributed by atoms with Gasteiger partial charge in [-0.3, -0.25) is 0 Å². The van der Waals surface area contributed by atoms with E-state index in [2.05, 4.69) is 15.9 Å². The first-order valence-electron chi connectivity index (χ1n) is 8.38. The second-order valence-corrected chi connectivity index (χ2v) is 8.51. The van der Waals surface area contributed by atoms with Gasteiger partial charge in [0.2, 0.25) is 0 Å². The summed E-state index contributed by atoms with van der Waals surface area (Å²) in [6, 6.07) is 12.6. The van der Waals surface area contributed by atoms with Crippen molar-refractivity contribution < 1.29 is 22.1 Å². The molecular formula is C19H16BrNO5S. The topological polar surface area (TPSA) is 72.9 Å². The van der Waals surface area contributed by atoms with Crippen LogP contribution in [0.3, 0.4) is 0 Å². The van der Waals surface area contributed by atoms with Gasteiger partial charge in [-0.25, -0.2) is 4.79 Å². The van der Waals surface area contributed by atoms with Gasteiger partial charge in [0, 0.05) is 10.0 Å². The van der Waals surface area contributed by atoms with Crippen LogP contribution in [0.2, 0.25) is 0 Å². The molecule has 2 heterocycles. The molecule has 0 saturated carbocycles. The van der Waals surface area contributed by atoms with Gasteiger partial charge in [0.05, 0.1) is 24.3 Å². The molecule has 2 aromatic carbocycles. The highest BCUT2D eigenvalue weighted by Gasteiger charge is 2.51. The molecule has 0 aliphatic carbocycles. The van der Waals surface area contributed by atoms with Crippen LogP contribution in [0.15, 0.2) is 64.7 Å². The normalized spacial score (nSPS) is 23.0. The van der Waals surface area contributed by atoms with E-state index in [1.54, 1.807) is 55.5 Å². The molecule has 27 heavy (non-hydrogen) atoms. The predicted molar refractivity (Wildman–Crippen MR) is 102 cm³/mol. The van der Waals surface area contributed by atoms with Gasteiger partial charge in [-0.15, -0.1) is 4.31 Å². The van der Waals surface area contributed by atoms with Crippen LogP contribution in [0.1, 0.15) is 30.1 Å². The van der Waals surface area contributed by atoms with E-state index in [0.29, 0.717) is 11.1 Å². The van der Waals surface area contributed by atoms with Crippen LogP contribution in [-0.4, -0.2) is 25.3 Å². The van der Waals surface area contributed by atoms with Gasteiger partial charge in [0.15, 0.2) is 0 Å². The third kappa shape index (κ3) is 3.07. The molecule has 0 fully saturated rings. The minimum absolute atomic E-state index is 0.202. The fourth-order valence-corrected chi connectivity index (χ4v) is 5.26. The smallest absolute Gasteiger partial charge is 0.386 e. The highest BCUT2D eigenvalue weighted by molar-refractivity contribution is 9.10. The molecule has 2 atom stereocenters. The Morgan fingerprint density at radius 2 is 1.96 bits per heavy atom. The zero-order chi connectivity index (χ0) is 19.2. The summed E-state index contributed by atoms with van der Waals surface area (Å²) in [5.74, 6) is -0.278. The Balaban J connectivity index is 1.92. The first-order chi connectivity index (χ1) is 12.9. The fraction of sp³-hybridized carbons (Fsp3) is 0.211. The van der Waals surface area contributed by atoms with Gasteiger partial charge < -0.3 is 8.92 Å². The lowest BCUT2D eigenvalue weighted by molar-refractivity contribution is -0.138. The van der Waals surface area contributed by atoms with Crippen molar-refractivity contribution in [2.24, 2.45) is 0 Å². The van der Waals surface area contributed by atoms with Crippen LogP contribution >= 0.6 is 15.9 Å². The SMILES string of the molecule is CCOC(=O)C1=CC2c3cc(Br)ccc3OS(=O)(=O)N2C1c1ccccc1. The van der Waals surface area contributed by atoms with Gasteiger partial charge in [0.1, 0.15) is 5.75 Å². The van der Waals surface area contributed by atoms with Gasteiger partial charge in [-0.2, -0.15) is 8.42 Å². The molecule has 2 aromatic rings. The second-order valence-electron chi connectivity index (χ2n) is 6.15. The number of ether oxygens (including phenoxy) is 1. The number of rotatable bonds is 3. The molecule has 2 aliphatic heterocycles. The van der Waals surface area contributed by atoms with Gasteiger partial charge in [-0.05, 0) is 36.8 Å². The highest BCUT2D eigenvalue weighted by Crippen LogP contribution is 2.51. The third-order valence-corrected chi connectivity index (χ3v) is 6.37. The van der Waals surface area contributed by atoms with Crippen LogP contribution in [0, 0.1) is 0 Å². The molecule has 0 aromatic heterocycles.